The number of hydrogen-bond donors (Lipinski definition) is 2. The molecule has 1 unspecified atom stereocenters. The van der Waals surface area contributed by atoms with Crippen molar-refractivity contribution in [1.29, 1.82) is 0 Å². The van der Waals surface area contributed by atoms with Crippen molar-refractivity contribution in [2.75, 3.05) is 24.3 Å². The molecular weight excluding hydrogens is 264 g/mol. The molecule has 21 heavy (non-hydrogen) atoms. The van der Waals surface area contributed by atoms with Crippen LogP contribution in [0, 0.1) is 12.8 Å². The minimum atomic E-state index is -0.131. The molecule has 1 atom stereocenters. The number of carbonyl (C=O) groups excluding carboxylic acids is 1. The molecule has 0 radical (unpaired) electrons. The van der Waals surface area contributed by atoms with Gasteiger partial charge in [0.25, 0.3) is 0 Å². The number of anilines is 2. The van der Waals surface area contributed by atoms with Crippen LogP contribution in [0.5, 0.6) is 0 Å². The van der Waals surface area contributed by atoms with Crippen LogP contribution in [0.15, 0.2) is 18.2 Å². The van der Waals surface area contributed by atoms with Crippen molar-refractivity contribution in [1.82, 2.24) is 0 Å². The Balaban J connectivity index is 2.35. The van der Waals surface area contributed by atoms with Gasteiger partial charge in [-0.05, 0) is 37.0 Å². The predicted octanol–water partition coefficient (Wildman–Crippen LogP) is 3.75. The van der Waals surface area contributed by atoms with E-state index >= 15 is 0 Å². The molecule has 1 aromatic carbocycles. The van der Waals surface area contributed by atoms with E-state index in [0.29, 0.717) is 18.2 Å². The second kappa shape index (κ2) is 9.40. The van der Waals surface area contributed by atoms with Crippen molar-refractivity contribution in [2.45, 2.75) is 46.5 Å². The van der Waals surface area contributed by atoms with E-state index in [9.17, 15) is 4.79 Å². The van der Waals surface area contributed by atoms with Crippen LogP contribution in [0.4, 0.5) is 11.4 Å². The average Bonchev–Trinajstić information content (AvgIpc) is 2.46. The van der Waals surface area contributed by atoms with Crippen molar-refractivity contribution in [3.05, 3.63) is 23.8 Å². The van der Waals surface area contributed by atoms with Crippen LogP contribution in [0.1, 0.15) is 45.1 Å². The second-order valence-corrected chi connectivity index (χ2v) is 5.55. The summed E-state index contributed by atoms with van der Waals surface area (Å²) in [6.45, 7) is 7.04. The quantitative estimate of drug-likeness (QED) is 0.681. The number of ether oxygens (including phenoxy) is 1. The van der Waals surface area contributed by atoms with E-state index in [1.807, 2.05) is 19.1 Å². The number of benzene rings is 1. The maximum Gasteiger partial charge on any atom is 0.250 e. The van der Waals surface area contributed by atoms with Crippen LogP contribution < -0.4 is 11.1 Å². The molecule has 4 nitrogen and oxygen atoms in total. The summed E-state index contributed by atoms with van der Waals surface area (Å²) in [5.41, 5.74) is 8.11. The summed E-state index contributed by atoms with van der Waals surface area (Å²) >= 11 is 0. The van der Waals surface area contributed by atoms with Crippen molar-refractivity contribution >= 4 is 17.3 Å². The highest BCUT2D eigenvalue weighted by Crippen LogP contribution is 2.18. The third-order valence-corrected chi connectivity index (χ3v) is 3.67. The lowest BCUT2D eigenvalue weighted by Crippen LogP contribution is -2.21. The van der Waals surface area contributed by atoms with E-state index in [4.69, 9.17) is 10.5 Å². The summed E-state index contributed by atoms with van der Waals surface area (Å²) in [6, 6.07) is 5.48. The first-order valence-electron chi connectivity index (χ1n) is 7.80. The molecular formula is C17H28N2O2. The molecule has 1 amide bonds. The van der Waals surface area contributed by atoms with Gasteiger partial charge >= 0.3 is 0 Å². The molecule has 1 aromatic rings. The first kappa shape index (κ1) is 17.5. The zero-order valence-corrected chi connectivity index (χ0v) is 13.4. The lowest BCUT2D eigenvalue weighted by atomic mass is 10.0. The van der Waals surface area contributed by atoms with E-state index in [0.717, 1.165) is 17.7 Å². The van der Waals surface area contributed by atoms with E-state index in [-0.39, 0.29) is 12.5 Å². The summed E-state index contributed by atoms with van der Waals surface area (Å²) in [5, 5.41) is 2.84. The number of carbonyl (C=O) groups is 1. The molecule has 0 aromatic heterocycles. The predicted molar refractivity (Wildman–Crippen MR) is 88.3 cm³/mol. The van der Waals surface area contributed by atoms with E-state index in [2.05, 4.69) is 19.2 Å². The van der Waals surface area contributed by atoms with Crippen LogP contribution in [-0.2, 0) is 9.53 Å². The van der Waals surface area contributed by atoms with Crippen LogP contribution in [-0.4, -0.2) is 19.1 Å². The van der Waals surface area contributed by atoms with Gasteiger partial charge in [0.05, 0.1) is 6.61 Å². The molecule has 4 heteroatoms. The molecule has 0 fully saturated rings. The highest BCUT2D eigenvalue weighted by Gasteiger charge is 2.09. The largest absolute Gasteiger partial charge is 0.399 e. The minimum Gasteiger partial charge on any atom is -0.399 e. The lowest BCUT2D eigenvalue weighted by molar-refractivity contribution is -0.121. The van der Waals surface area contributed by atoms with E-state index < -0.39 is 0 Å². The van der Waals surface area contributed by atoms with Crippen molar-refractivity contribution < 1.29 is 9.53 Å². The van der Waals surface area contributed by atoms with Gasteiger partial charge in [-0.3, -0.25) is 4.79 Å². The van der Waals surface area contributed by atoms with Gasteiger partial charge in [-0.15, -0.1) is 0 Å². The minimum absolute atomic E-state index is 0.0941. The lowest BCUT2D eigenvalue weighted by Gasteiger charge is -2.15. The third-order valence-electron chi connectivity index (χ3n) is 3.67. The van der Waals surface area contributed by atoms with Crippen molar-refractivity contribution in [3.63, 3.8) is 0 Å². The number of amides is 1. The first-order valence-corrected chi connectivity index (χ1v) is 7.80. The van der Waals surface area contributed by atoms with Crippen LogP contribution in [0.3, 0.4) is 0 Å². The summed E-state index contributed by atoms with van der Waals surface area (Å²) in [5.74, 6) is 0.418. The Morgan fingerprint density at radius 3 is 2.81 bits per heavy atom. The normalized spacial score (nSPS) is 12.1. The van der Waals surface area contributed by atoms with Gasteiger partial charge in [0.2, 0.25) is 5.91 Å². The third kappa shape index (κ3) is 6.63. The van der Waals surface area contributed by atoms with Gasteiger partial charge in [0, 0.05) is 11.4 Å². The second-order valence-electron chi connectivity index (χ2n) is 5.55. The molecule has 0 aliphatic carbocycles. The number of hydrogen-bond acceptors (Lipinski definition) is 3. The molecule has 1 rings (SSSR count). The summed E-state index contributed by atoms with van der Waals surface area (Å²) in [6.07, 6.45) is 4.68. The fourth-order valence-corrected chi connectivity index (χ4v) is 2.18. The van der Waals surface area contributed by atoms with Crippen LogP contribution in [0.25, 0.3) is 0 Å². The summed E-state index contributed by atoms with van der Waals surface area (Å²) in [7, 11) is 0. The molecule has 3 N–H and O–H groups in total. The van der Waals surface area contributed by atoms with E-state index in [1.54, 1.807) is 6.07 Å². The molecule has 0 aliphatic heterocycles. The average molecular weight is 292 g/mol. The van der Waals surface area contributed by atoms with Crippen LogP contribution in [0.2, 0.25) is 0 Å². The van der Waals surface area contributed by atoms with Gasteiger partial charge in [-0.2, -0.15) is 0 Å². The van der Waals surface area contributed by atoms with Gasteiger partial charge in [0.1, 0.15) is 6.61 Å². The zero-order valence-electron chi connectivity index (χ0n) is 13.4. The van der Waals surface area contributed by atoms with Crippen molar-refractivity contribution in [2.24, 2.45) is 5.92 Å². The monoisotopic (exact) mass is 292 g/mol. The van der Waals surface area contributed by atoms with Gasteiger partial charge in [0.15, 0.2) is 0 Å². The molecule has 0 spiro atoms. The number of unbranched alkanes of at least 4 members (excludes halogenated alkanes) is 1. The van der Waals surface area contributed by atoms with Crippen molar-refractivity contribution in [3.8, 4) is 0 Å². The Morgan fingerprint density at radius 1 is 1.38 bits per heavy atom. The molecule has 118 valence electrons. The topological polar surface area (TPSA) is 64.3 Å². The molecule has 0 saturated heterocycles. The Labute approximate surface area is 128 Å². The fraction of sp³-hybridized carbons (Fsp3) is 0.588. The Morgan fingerprint density at radius 2 is 2.14 bits per heavy atom. The maximum absolute atomic E-state index is 11.9. The molecule has 0 bridgehead atoms. The zero-order chi connectivity index (χ0) is 15.7. The number of nitrogens with one attached hydrogen (secondary N) is 1. The van der Waals surface area contributed by atoms with Gasteiger partial charge in [-0.25, -0.2) is 0 Å². The van der Waals surface area contributed by atoms with E-state index in [1.165, 1.54) is 19.3 Å². The first-order chi connectivity index (χ1) is 10.1. The fourth-order valence-electron chi connectivity index (χ4n) is 2.18. The maximum atomic E-state index is 11.9. The standard InChI is InChI=1S/C17H28N2O2/c1-4-6-7-14(5-2)11-21-12-17(20)19-16-10-15(18)9-8-13(16)3/h8-10,14H,4-7,11-12,18H2,1-3H3,(H,19,20). The van der Waals surface area contributed by atoms with Gasteiger partial charge in [-0.1, -0.05) is 39.2 Å². The molecule has 0 saturated carbocycles. The highest BCUT2D eigenvalue weighted by molar-refractivity contribution is 5.92. The number of nitrogen functional groups attached to an aromatic ring is 1. The van der Waals surface area contributed by atoms with Crippen LogP contribution >= 0.6 is 0 Å². The van der Waals surface area contributed by atoms with Gasteiger partial charge < -0.3 is 15.8 Å². The molecule has 0 heterocycles. The number of aryl methyl sites for hydroxylation is 1. The summed E-state index contributed by atoms with van der Waals surface area (Å²) in [4.78, 5) is 11.9. The number of nitrogens with two attached hydrogens (primary N) is 1. The Hall–Kier alpha value is -1.55. The Bertz CT molecular complexity index is 446. The highest BCUT2D eigenvalue weighted by atomic mass is 16.5. The molecule has 0 aliphatic rings. The Kier molecular flexibility index (Phi) is 7.83. The summed E-state index contributed by atoms with van der Waals surface area (Å²) < 4.78 is 5.54. The SMILES string of the molecule is CCCCC(CC)COCC(=O)Nc1cc(N)ccc1C. The smallest absolute Gasteiger partial charge is 0.250 e. The number of rotatable bonds is 9.